The summed E-state index contributed by atoms with van der Waals surface area (Å²) >= 11 is 0. The minimum Gasteiger partial charge on any atom is -0.373 e. The van der Waals surface area contributed by atoms with Crippen LogP contribution in [-0.4, -0.2) is 40.9 Å². The molecule has 3 rings (SSSR count). The van der Waals surface area contributed by atoms with Crippen LogP contribution in [0.15, 0.2) is 30.6 Å². The Morgan fingerprint density at radius 3 is 2.96 bits per heavy atom. The molecular formula is C17H23N5O2. The Kier molecular flexibility index (Phi) is 5.10. The zero-order valence-electron chi connectivity index (χ0n) is 14.0. The Hall–Kier alpha value is -2.41. The first-order valence-corrected chi connectivity index (χ1v) is 8.20. The summed E-state index contributed by atoms with van der Waals surface area (Å²) in [6.07, 6.45) is 5.35. The molecule has 0 spiro atoms. The molecule has 0 saturated carbocycles. The molecular weight excluding hydrogens is 306 g/mol. The fourth-order valence-electron chi connectivity index (χ4n) is 3.04. The van der Waals surface area contributed by atoms with E-state index in [2.05, 4.69) is 20.7 Å². The van der Waals surface area contributed by atoms with E-state index in [1.165, 1.54) is 0 Å². The molecule has 0 aliphatic carbocycles. The van der Waals surface area contributed by atoms with Crippen molar-refractivity contribution in [2.45, 2.75) is 18.9 Å². The summed E-state index contributed by atoms with van der Waals surface area (Å²) in [5.41, 5.74) is 1.61. The minimum atomic E-state index is -0.112. The predicted molar refractivity (Wildman–Crippen MR) is 90.7 cm³/mol. The highest BCUT2D eigenvalue weighted by Gasteiger charge is 2.29. The zero-order chi connectivity index (χ0) is 16.9. The lowest BCUT2D eigenvalue weighted by Gasteiger charge is -2.31. The van der Waals surface area contributed by atoms with Crippen molar-refractivity contribution < 1.29 is 9.53 Å². The molecule has 2 N–H and O–H groups in total. The van der Waals surface area contributed by atoms with E-state index in [0.29, 0.717) is 12.1 Å². The van der Waals surface area contributed by atoms with Crippen LogP contribution in [-0.2, 0) is 11.8 Å². The number of aryl methyl sites for hydroxylation is 1. The smallest absolute Gasteiger partial charge is 0.252 e. The van der Waals surface area contributed by atoms with Crippen molar-refractivity contribution in [3.63, 3.8) is 0 Å². The molecule has 2 aromatic heterocycles. The lowest BCUT2D eigenvalue weighted by atomic mass is 9.92. The third-order valence-corrected chi connectivity index (χ3v) is 4.40. The van der Waals surface area contributed by atoms with E-state index in [9.17, 15) is 4.79 Å². The van der Waals surface area contributed by atoms with Crippen LogP contribution in [0.2, 0.25) is 0 Å². The van der Waals surface area contributed by atoms with E-state index >= 15 is 0 Å². The van der Waals surface area contributed by atoms with E-state index in [1.807, 2.05) is 17.8 Å². The lowest BCUT2D eigenvalue weighted by molar-refractivity contribution is -0.0317. The number of nitrogens with one attached hydrogen (secondary N) is 2. The molecule has 1 saturated heterocycles. The van der Waals surface area contributed by atoms with Gasteiger partial charge in [0.1, 0.15) is 11.9 Å². The van der Waals surface area contributed by atoms with E-state index in [0.717, 1.165) is 31.0 Å². The van der Waals surface area contributed by atoms with Crippen molar-refractivity contribution in [1.82, 2.24) is 20.1 Å². The van der Waals surface area contributed by atoms with Gasteiger partial charge in [0, 0.05) is 45.6 Å². The van der Waals surface area contributed by atoms with Gasteiger partial charge in [0.25, 0.3) is 5.91 Å². The van der Waals surface area contributed by atoms with Gasteiger partial charge in [0.2, 0.25) is 0 Å². The first kappa shape index (κ1) is 16.4. The molecule has 0 bridgehead atoms. The number of nitrogens with zero attached hydrogens (tertiary/aromatic N) is 3. The third kappa shape index (κ3) is 3.56. The Balaban J connectivity index is 1.63. The summed E-state index contributed by atoms with van der Waals surface area (Å²) in [5.74, 6) is 0.866. The minimum absolute atomic E-state index is 0.0312. The maximum Gasteiger partial charge on any atom is 0.252 e. The highest BCUT2D eigenvalue weighted by atomic mass is 16.5. The maximum atomic E-state index is 12.3. The number of anilines is 1. The number of hydrogen-bond donors (Lipinski definition) is 2. The quantitative estimate of drug-likeness (QED) is 0.873. The van der Waals surface area contributed by atoms with Crippen LogP contribution in [0.25, 0.3) is 0 Å². The first-order chi connectivity index (χ1) is 11.7. The van der Waals surface area contributed by atoms with Crippen molar-refractivity contribution in [2.24, 2.45) is 13.0 Å². The second kappa shape index (κ2) is 7.44. The molecule has 1 amide bonds. The van der Waals surface area contributed by atoms with Crippen LogP contribution < -0.4 is 10.6 Å². The molecule has 0 radical (unpaired) electrons. The largest absolute Gasteiger partial charge is 0.373 e. The molecule has 1 fully saturated rings. The van der Waals surface area contributed by atoms with Gasteiger partial charge in [-0.25, -0.2) is 4.98 Å². The molecule has 1 aliphatic heterocycles. The number of rotatable bonds is 5. The Morgan fingerprint density at radius 2 is 2.29 bits per heavy atom. The van der Waals surface area contributed by atoms with Crippen molar-refractivity contribution in [3.05, 3.63) is 41.9 Å². The van der Waals surface area contributed by atoms with Crippen LogP contribution >= 0.6 is 0 Å². The van der Waals surface area contributed by atoms with Gasteiger partial charge < -0.3 is 15.4 Å². The molecule has 7 heteroatoms. The van der Waals surface area contributed by atoms with Crippen LogP contribution in [0.5, 0.6) is 0 Å². The number of carbonyl (C=O) groups is 1. The van der Waals surface area contributed by atoms with Gasteiger partial charge in [-0.05, 0) is 31.0 Å². The Morgan fingerprint density at radius 1 is 1.42 bits per heavy atom. The van der Waals surface area contributed by atoms with E-state index in [-0.39, 0.29) is 17.9 Å². The molecule has 2 aromatic rings. The van der Waals surface area contributed by atoms with Gasteiger partial charge in [-0.15, -0.1) is 0 Å². The molecule has 0 unspecified atom stereocenters. The summed E-state index contributed by atoms with van der Waals surface area (Å²) in [6.45, 7) is 1.32. The predicted octanol–water partition coefficient (Wildman–Crippen LogP) is 1.75. The van der Waals surface area contributed by atoms with E-state index in [1.54, 1.807) is 31.6 Å². The van der Waals surface area contributed by atoms with Crippen LogP contribution in [0.3, 0.4) is 0 Å². The topological polar surface area (TPSA) is 81.1 Å². The third-order valence-electron chi connectivity index (χ3n) is 4.40. The van der Waals surface area contributed by atoms with E-state index in [4.69, 9.17) is 4.74 Å². The fraction of sp³-hybridized carbons (Fsp3) is 0.471. The molecule has 24 heavy (non-hydrogen) atoms. The second-order valence-electron chi connectivity index (χ2n) is 5.97. The number of hydrogen-bond acceptors (Lipinski definition) is 5. The van der Waals surface area contributed by atoms with Crippen LogP contribution in [0.4, 0.5) is 5.82 Å². The second-order valence-corrected chi connectivity index (χ2v) is 5.97. The first-order valence-electron chi connectivity index (χ1n) is 8.20. The van der Waals surface area contributed by atoms with E-state index < -0.39 is 0 Å². The summed E-state index contributed by atoms with van der Waals surface area (Å²) < 4.78 is 7.79. The summed E-state index contributed by atoms with van der Waals surface area (Å²) in [6, 6.07) is 5.53. The molecule has 0 aromatic carbocycles. The highest BCUT2D eigenvalue weighted by molar-refractivity contribution is 5.94. The maximum absolute atomic E-state index is 12.3. The average Bonchev–Trinajstić information content (AvgIpc) is 3.06. The Labute approximate surface area is 141 Å². The fourth-order valence-corrected chi connectivity index (χ4v) is 3.04. The van der Waals surface area contributed by atoms with Crippen molar-refractivity contribution in [3.8, 4) is 0 Å². The standard InChI is InChI=1S/C17H23N5O2/c1-18-15-6-5-13(11-19-15)17(23)20-10-12-4-3-9-24-16(12)14-7-8-21-22(14)2/h5-8,11-12,16H,3-4,9-10H2,1-2H3,(H,18,19)(H,20,23)/t12-,16+/m0/s1. The van der Waals surface area contributed by atoms with Gasteiger partial charge >= 0.3 is 0 Å². The van der Waals surface area contributed by atoms with Gasteiger partial charge in [-0.2, -0.15) is 5.10 Å². The number of amides is 1. The molecule has 7 nitrogen and oxygen atoms in total. The van der Waals surface area contributed by atoms with Crippen molar-refractivity contribution >= 4 is 11.7 Å². The highest BCUT2D eigenvalue weighted by Crippen LogP contribution is 2.32. The SMILES string of the molecule is CNc1ccc(C(=O)NC[C@@H]2CCCO[C@H]2c2ccnn2C)cn1. The molecule has 1 aliphatic rings. The molecule has 2 atom stereocenters. The number of pyridine rings is 1. The lowest BCUT2D eigenvalue weighted by Crippen LogP contribution is -2.35. The number of aromatic nitrogens is 3. The molecule has 3 heterocycles. The summed E-state index contributed by atoms with van der Waals surface area (Å²) in [7, 11) is 3.71. The summed E-state index contributed by atoms with van der Waals surface area (Å²) in [4.78, 5) is 16.5. The molecule has 128 valence electrons. The van der Waals surface area contributed by atoms with Crippen molar-refractivity contribution in [1.29, 1.82) is 0 Å². The van der Waals surface area contributed by atoms with Gasteiger partial charge in [0.05, 0.1) is 11.3 Å². The monoisotopic (exact) mass is 329 g/mol. The zero-order valence-corrected chi connectivity index (χ0v) is 14.0. The van der Waals surface area contributed by atoms with Crippen molar-refractivity contribution in [2.75, 3.05) is 25.5 Å². The van der Waals surface area contributed by atoms with Crippen LogP contribution in [0, 0.1) is 5.92 Å². The summed E-state index contributed by atoms with van der Waals surface area (Å²) in [5, 5.41) is 10.2. The normalized spacial score (nSPS) is 20.6. The van der Waals surface area contributed by atoms with Gasteiger partial charge in [-0.1, -0.05) is 0 Å². The van der Waals surface area contributed by atoms with Gasteiger partial charge in [-0.3, -0.25) is 9.48 Å². The number of carbonyl (C=O) groups excluding carboxylic acids is 1. The average molecular weight is 329 g/mol. The van der Waals surface area contributed by atoms with Crippen LogP contribution in [0.1, 0.15) is 35.0 Å². The van der Waals surface area contributed by atoms with Gasteiger partial charge in [0.15, 0.2) is 0 Å². The number of ether oxygens (including phenoxy) is 1. The Bertz CT molecular complexity index is 683.